The van der Waals surface area contributed by atoms with Gasteiger partial charge in [-0.05, 0) is 69.8 Å². The van der Waals surface area contributed by atoms with Gasteiger partial charge in [0.1, 0.15) is 0 Å². The molecule has 4 aromatic rings. The lowest BCUT2D eigenvalue weighted by Gasteiger charge is -2.40. The first-order valence-electron chi connectivity index (χ1n) is 9.26. The average Bonchev–Trinajstić information content (AvgIpc) is 2.98. The van der Waals surface area contributed by atoms with Crippen molar-refractivity contribution < 1.29 is 0 Å². The van der Waals surface area contributed by atoms with Crippen molar-refractivity contribution in [3.8, 4) is 11.1 Å². The van der Waals surface area contributed by atoms with Gasteiger partial charge in [-0.3, -0.25) is 0 Å². The van der Waals surface area contributed by atoms with E-state index in [-0.39, 0.29) is 0 Å². The molecule has 1 heterocycles. The van der Waals surface area contributed by atoms with Crippen LogP contribution >= 0.6 is 23.2 Å². The molecule has 134 valence electrons. The van der Waals surface area contributed by atoms with Crippen LogP contribution in [-0.4, -0.2) is 0 Å². The summed E-state index contributed by atoms with van der Waals surface area (Å²) >= 11 is 13.0. The topological polar surface area (TPSA) is 12.0 Å². The van der Waals surface area contributed by atoms with Crippen molar-refractivity contribution in [1.82, 2.24) is 0 Å². The quantitative estimate of drug-likeness (QED) is 0.280. The SMILES string of the molecule is Clc1ccc2c(c1)C1(c3ccccc3Nc3ccccc31)c1cc(Cl)ccc1-2. The highest BCUT2D eigenvalue weighted by molar-refractivity contribution is 6.31. The summed E-state index contributed by atoms with van der Waals surface area (Å²) in [5.74, 6) is 0. The second-order valence-corrected chi connectivity index (χ2v) is 8.22. The molecule has 0 aromatic heterocycles. The van der Waals surface area contributed by atoms with E-state index in [1.807, 2.05) is 12.1 Å². The summed E-state index contributed by atoms with van der Waals surface area (Å²) in [5, 5.41) is 5.10. The predicted molar refractivity (Wildman–Crippen MR) is 117 cm³/mol. The average molecular weight is 400 g/mol. The fourth-order valence-corrected chi connectivity index (χ4v) is 5.32. The smallest absolute Gasteiger partial charge is 0.0754 e. The molecule has 1 N–H and O–H groups in total. The molecule has 0 fully saturated rings. The summed E-state index contributed by atoms with van der Waals surface area (Å²) in [5.41, 5.74) is 9.05. The van der Waals surface area contributed by atoms with Gasteiger partial charge in [0, 0.05) is 21.4 Å². The van der Waals surface area contributed by atoms with Gasteiger partial charge in [-0.2, -0.15) is 0 Å². The van der Waals surface area contributed by atoms with Gasteiger partial charge in [0.05, 0.1) is 5.41 Å². The summed E-state index contributed by atoms with van der Waals surface area (Å²) in [6, 6.07) is 29.5. The Balaban J connectivity index is 1.87. The highest BCUT2D eigenvalue weighted by atomic mass is 35.5. The lowest BCUT2D eigenvalue weighted by atomic mass is 9.65. The minimum Gasteiger partial charge on any atom is -0.355 e. The summed E-state index contributed by atoms with van der Waals surface area (Å²) < 4.78 is 0. The van der Waals surface area contributed by atoms with Gasteiger partial charge in [0.2, 0.25) is 0 Å². The Hall–Kier alpha value is -2.74. The van der Waals surface area contributed by atoms with Crippen molar-refractivity contribution in [2.24, 2.45) is 0 Å². The van der Waals surface area contributed by atoms with E-state index >= 15 is 0 Å². The van der Waals surface area contributed by atoms with Gasteiger partial charge in [-0.15, -0.1) is 0 Å². The fraction of sp³-hybridized carbons (Fsp3) is 0.0400. The molecule has 1 nitrogen and oxygen atoms in total. The Labute approximate surface area is 173 Å². The zero-order chi connectivity index (χ0) is 18.9. The molecule has 0 bridgehead atoms. The molecule has 0 atom stereocenters. The number of hydrogen-bond acceptors (Lipinski definition) is 1. The minimum atomic E-state index is -0.446. The Morgan fingerprint density at radius 2 is 1.00 bits per heavy atom. The van der Waals surface area contributed by atoms with Crippen molar-refractivity contribution in [3.05, 3.63) is 117 Å². The van der Waals surface area contributed by atoms with Crippen LogP contribution in [0.1, 0.15) is 22.3 Å². The Morgan fingerprint density at radius 1 is 0.536 bits per heavy atom. The summed E-state index contributed by atoms with van der Waals surface area (Å²) in [6.07, 6.45) is 0. The Morgan fingerprint density at radius 3 is 1.50 bits per heavy atom. The van der Waals surface area contributed by atoms with E-state index < -0.39 is 5.41 Å². The van der Waals surface area contributed by atoms with E-state index in [0.717, 1.165) is 21.4 Å². The van der Waals surface area contributed by atoms with E-state index in [2.05, 4.69) is 78.1 Å². The van der Waals surface area contributed by atoms with E-state index in [4.69, 9.17) is 23.2 Å². The third kappa shape index (κ3) is 1.93. The van der Waals surface area contributed by atoms with Gasteiger partial charge in [0.15, 0.2) is 0 Å². The van der Waals surface area contributed by atoms with Crippen molar-refractivity contribution in [3.63, 3.8) is 0 Å². The maximum atomic E-state index is 6.51. The number of anilines is 2. The monoisotopic (exact) mass is 399 g/mol. The number of fused-ring (bicyclic) bond motifs is 9. The van der Waals surface area contributed by atoms with Crippen LogP contribution in [0.15, 0.2) is 84.9 Å². The highest BCUT2D eigenvalue weighted by Gasteiger charge is 2.50. The van der Waals surface area contributed by atoms with Crippen LogP contribution in [-0.2, 0) is 5.41 Å². The van der Waals surface area contributed by atoms with E-state index in [9.17, 15) is 0 Å². The Kier molecular flexibility index (Phi) is 3.27. The van der Waals surface area contributed by atoms with E-state index in [0.29, 0.717) is 0 Å². The predicted octanol–water partition coefficient (Wildman–Crippen LogP) is 7.41. The molecule has 1 aliphatic heterocycles. The molecule has 4 aromatic carbocycles. The zero-order valence-corrected chi connectivity index (χ0v) is 16.4. The number of hydrogen-bond donors (Lipinski definition) is 1. The van der Waals surface area contributed by atoms with Crippen molar-refractivity contribution in [2.75, 3.05) is 5.32 Å². The second kappa shape index (κ2) is 5.64. The third-order valence-electron chi connectivity index (χ3n) is 5.99. The highest BCUT2D eigenvalue weighted by Crippen LogP contribution is 2.61. The lowest BCUT2D eigenvalue weighted by Crippen LogP contribution is -2.33. The maximum Gasteiger partial charge on any atom is 0.0754 e. The van der Waals surface area contributed by atoms with Crippen molar-refractivity contribution >= 4 is 34.6 Å². The first-order chi connectivity index (χ1) is 13.7. The molecule has 6 rings (SSSR count). The molecule has 0 saturated heterocycles. The molecule has 0 radical (unpaired) electrons. The van der Waals surface area contributed by atoms with Crippen molar-refractivity contribution in [2.45, 2.75) is 5.41 Å². The minimum absolute atomic E-state index is 0.446. The van der Waals surface area contributed by atoms with Crippen LogP contribution in [0.3, 0.4) is 0 Å². The van der Waals surface area contributed by atoms with Crippen molar-refractivity contribution in [1.29, 1.82) is 0 Å². The van der Waals surface area contributed by atoms with Crippen LogP contribution in [0.5, 0.6) is 0 Å². The fourth-order valence-electron chi connectivity index (χ4n) is 4.98. The number of para-hydroxylation sites is 2. The maximum absolute atomic E-state index is 6.51. The van der Waals surface area contributed by atoms with Crippen LogP contribution in [0, 0.1) is 0 Å². The van der Waals surface area contributed by atoms with Gasteiger partial charge in [-0.25, -0.2) is 0 Å². The summed E-state index contributed by atoms with van der Waals surface area (Å²) in [7, 11) is 0. The van der Waals surface area contributed by atoms with Gasteiger partial charge in [-0.1, -0.05) is 71.7 Å². The molecule has 3 heteroatoms. The summed E-state index contributed by atoms with van der Waals surface area (Å²) in [6.45, 7) is 0. The molecule has 1 aliphatic carbocycles. The molecule has 1 spiro atoms. The molecule has 0 unspecified atom stereocenters. The van der Waals surface area contributed by atoms with Gasteiger partial charge >= 0.3 is 0 Å². The normalized spacial score (nSPS) is 14.6. The number of nitrogens with one attached hydrogen (secondary N) is 1. The molecule has 0 saturated carbocycles. The van der Waals surface area contributed by atoms with Crippen LogP contribution in [0.2, 0.25) is 10.0 Å². The van der Waals surface area contributed by atoms with E-state index in [1.165, 1.54) is 33.4 Å². The largest absolute Gasteiger partial charge is 0.355 e. The summed E-state index contributed by atoms with van der Waals surface area (Å²) in [4.78, 5) is 0. The number of benzene rings is 4. The van der Waals surface area contributed by atoms with E-state index in [1.54, 1.807) is 0 Å². The van der Waals surface area contributed by atoms with Crippen LogP contribution in [0.4, 0.5) is 11.4 Å². The lowest BCUT2D eigenvalue weighted by molar-refractivity contribution is 0.763. The molecule has 0 amide bonds. The molecule has 2 aliphatic rings. The standard InChI is InChI=1S/C25H15Cl2N/c26-15-9-11-17-18-12-10-16(27)14-22(18)25(21(17)13-15)19-5-1-3-7-23(19)28-24-8-4-2-6-20(24)25/h1-14,28H. The van der Waals surface area contributed by atoms with Crippen LogP contribution in [0.25, 0.3) is 11.1 Å². The first kappa shape index (κ1) is 16.2. The first-order valence-corrected chi connectivity index (χ1v) is 10.0. The molecular weight excluding hydrogens is 385 g/mol. The van der Waals surface area contributed by atoms with Gasteiger partial charge in [0.25, 0.3) is 0 Å². The third-order valence-corrected chi connectivity index (χ3v) is 6.46. The van der Waals surface area contributed by atoms with Crippen LogP contribution < -0.4 is 5.32 Å². The Bertz CT molecular complexity index is 1180. The van der Waals surface area contributed by atoms with Gasteiger partial charge < -0.3 is 5.32 Å². The molecule has 28 heavy (non-hydrogen) atoms. The second-order valence-electron chi connectivity index (χ2n) is 7.35. The number of halogens is 2. The zero-order valence-electron chi connectivity index (χ0n) is 14.8. The number of rotatable bonds is 0. The molecular formula is C25H15Cl2N.